The summed E-state index contributed by atoms with van der Waals surface area (Å²) in [5.41, 5.74) is 6.26. The van der Waals surface area contributed by atoms with Gasteiger partial charge in [0.25, 0.3) is 0 Å². The van der Waals surface area contributed by atoms with Crippen molar-refractivity contribution < 1.29 is 14.3 Å². The predicted molar refractivity (Wildman–Crippen MR) is 148 cm³/mol. The lowest BCUT2D eigenvalue weighted by atomic mass is 10.0. The third-order valence-electron chi connectivity index (χ3n) is 5.96. The Kier molecular flexibility index (Phi) is 8.74. The van der Waals surface area contributed by atoms with Gasteiger partial charge in [-0.05, 0) is 73.0 Å². The molecule has 0 unspecified atom stereocenters. The molecule has 0 bridgehead atoms. The number of rotatable bonds is 10. The molecule has 37 heavy (non-hydrogen) atoms. The molecule has 7 nitrogen and oxygen atoms in total. The minimum absolute atomic E-state index is 0.0327. The first-order chi connectivity index (χ1) is 18.0. The van der Waals surface area contributed by atoms with Gasteiger partial charge in [0, 0.05) is 29.0 Å². The van der Waals surface area contributed by atoms with Crippen molar-refractivity contribution >= 4 is 23.4 Å². The number of hydrogen-bond donors (Lipinski definition) is 1. The number of benzene rings is 3. The molecule has 1 heterocycles. The molecule has 0 spiro atoms. The fourth-order valence-corrected chi connectivity index (χ4v) is 4.63. The van der Waals surface area contributed by atoms with E-state index in [1.807, 2.05) is 73.7 Å². The van der Waals surface area contributed by atoms with Crippen LogP contribution in [-0.4, -0.2) is 41.1 Å². The fourth-order valence-electron chi connectivity index (χ4n) is 3.90. The van der Waals surface area contributed by atoms with Crippen LogP contribution in [0.2, 0.25) is 0 Å². The van der Waals surface area contributed by atoms with Gasteiger partial charge in [-0.3, -0.25) is 4.79 Å². The van der Waals surface area contributed by atoms with Crippen LogP contribution in [0, 0.1) is 6.92 Å². The number of nitrogens with one attached hydrogen (secondary N) is 1. The van der Waals surface area contributed by atoms with Crippen molar-refractivity contribution in [1.29, 1.82) is 0 Å². The average Bonchev–Trinajstić information content (AvgIpc) is 2.94. The molecule has 0 radical (unpaired) electrons. The summed E-state index contributed by atoms with van der Waals surface area (Å²) in [6.45, 7) is 4.09. The molecule has 0 aliphatic heterocycles. The Hall–Kier alpha value is -3.91. The maximum Gasteiger partial charge on any atom is 0.225 e. The Bertz CT molecular complexity index is 1360. The molecule has 0 atom stereocenters. The number of ether oxygens (including phenoxy) is 2. The molecule has 0 saturated heterocycles. The zero-order chi connectivity index (χ0) is 26.2. The predicted octanol–water partition coefficient (Wildman–Crippen LogP) is 6.21. The second-order valence-electron chi connectivity index (χ2n) is 8.36. The second kappa shape index (κ2) is 12.4. The highest BCUT2D eigenvalue weighted by Gasteiger charge is 2.15. The molecule has 4 aromatic rings. The van der Waals surface area contributed by atoms with Crippen LogP contribution in [0.4, 0.5) is 5.69 Å². The number of aromatic nitrogens is 3. The van der Waals surface area contributed by atoms with E-state index in [1.54, 1.807) is 14.2 Å². The van der Waals surface area contributed by atoms with Crippen LogP contribution < -0.4 is 14.8 Å². The summed E-state index contributed by atoms with van der Waals surface area (Å²) in [6.07, 6.45) is 1.20. The summed E-state index contributed by atoms with van der Waals surface area (Å²) in [7, 11) is 3.27. The van der Waals surface area contributed by atoms with Crippen molar-refractivity contribution in [2.75, 3.05) is 25.3 Å². The van der Waals surface area contributed by atoms with E-state index >= 15 is 0 Å². The van der Waals surface area contributed by atoms with Crippen LogP contribution in [0.15, 0.2) is 71.9 Å². The lowest BCUT2D eigenvalue weighted by Gasteiger charge is -2.13. The van der Waals surface area contributed by atoms with Crippen LogP contribution in [0.25, 0.3) is 22.5 Å². The highest BCUT2D eigenvalue weighted by molar-refractivity contribution is 7.99. The molecule has 4 rings (SSSR count). The number of hydrogen-bond acceptors (Lipinski definition) is 7. The quantitative estimate of drug-likeness (QED) is 0.252. The topological polar surface area (TPSA) is 86.2 Å². The third kappa shape index (κ3) is 6.46. The molecule has 1 amide bonds. The summed E-state index contributed by atoms with van der Waals surface area (Å²) in [5, 5.41) is 12.5. The number of aryl methyl sites for hydroxylation is 2. The first-order valence-electron chi connectivity index (χ1n) is 12.1. The van der Waals surface area contributed by atoms with Crippen LogP contribution in [0.3, 0.4) is 0 Å². The highest BCUT2D eigenvalue weighted by Crippen LogP contribution is 2.32. The van der Waals surface area contributed by atoms with Crippen molar-refractivity contribution in [2.24, 2.45) is 0 Å². The van der Waals surface area contributed by atoms with Crippen molar-refractivity contribution in [3.05, 3.63) is 77.9 Å². The Balaban J connectivity index is 1.52. The van der Waals surface area contributed by atoms with Gasteiger partial charge in [0.2, 0.25) is 11.1 Å². The average molecular weight is 515 g/mol. The van der Waals surface area contributed by atoms with Gasteiger partial charge < -0.3 is 14.8 Å². The van der Waals surface area contributed by atoms with Gasteiger partial charge in [0.1, 0.15) is 22.9 Å². The maximum absolute atomic E-state index is 12.7. The smallest absolute Gasteiger partial charge is 0.225 e. The van der Waals surface area contributed by atoms with Gasteiger partial charge in [-0.2, -0.15) is 0 Å². The fraction of sp³-hybridized carbons (Fsp3) is 0.241. The normalized spacial score (nSPS) is 10.7. The largest absolute Gasteiger partial charge is 0.497 e. The van der Waals surface area contributed by atoms with Crippen molar-refractivity contribution in [3.63, 3.8) is 0 Å². The standard InChI is InChI=1S/C29H30N4O3S/c1-5-20-8-6-7-19(2)26(20)30-25(34)17-18-37-29-31-27(21-9-13-23(35-3)14-10-21)28(32-33-29)22-11-15-24(36-4)16-12-22/h6-16H,5,17-18H2,1-4H3,(H,30,34). The van der Waals surface area contributed by atoms with E-state index < -0.39 is 0 Å². The molecular weight excluding hydrogens is 484 g/mol. The summed E-state index contributed by atoms with van der Waals surface area (Å²) < 4.78 is 10.6. The number of amides is 1. The molecule has 0 aliphatic carbocycles. The zero-order valence-corrected chi connectivity index (χ0v) is 22.3. The lowest BCUT2D eigenvalue weighted by Crippen LogP contribution is -2.14. The van der Waals surface area contributed by atoms with Gasteiger partial charge >= 0.3 is 0 Å². The molecule has 1 aromatic heterocycles. The van der Waals surface area contributed by atoms with Gasteiger partial charge in [-0.15, -0.1) is 10.2 Å². The molecule has 8 heteroatoms. The minimum Gasteiger partial charge on any atom is -0.497 e. The lowest BCUT2D eigenvalue weighted by molar-refractivity contribution is -0.115. The number of anilines is 1. The Morgan fingerprint density at radius 3 is 2.08 bits per heavy atom. The first-order valence-corrected chi connectivity index (χ1v) is 13.1. The van der Waals surface area contributed by atoms with E-state index in [-0.39, 0.29) is 5.91 Å². The summed E-state index contributed by atoms with van der Waals surface area (Å²) in [6, 6.07) is 21.4. The van der Waals surface area contributed by atoms with Crippen LogP contribution in [0.1, 0.15) is 24.5 Å². The SMILES string of the molecule is CCc1cccc(C)c1NC(=O)CCSc1nnc(-c2ccc(OC)cc2)c(-c2ccc(OC)cc2)n1. The summed E-state index contributed by atoms with van der Waals surface area (Å²) in [4.78, 5) is 17.5. The van der Waals surface area contributed by atoms with Gasteiger partial charge in [0.15, 0.2) is 0 Å². The number of para-hydroxylation sites is 1. The molecule has 0 saturated carbocycles. The number of carbonyl (C=O) groups is 1. The van der Waals surface area contributed by atoms with E-state index in [9.17, 15) is 4.79 Å². The Morgan fingerprint density at radius 2 is 1.49 bits per heavy atom. The van der Waals surface area contributed by atoms with Gasteiger partial charge in [0.05, 0.1) is 14.2 Å². The molecule has 190 valence electrons. The number of nitrogens with zero attached hydrogens (tertiary/aromatic N) is 3. The maximum atomic E-state index is 12.7. The van der Waals surface area contributed by atoms with E-state index in [4.69, 9.17) is 14.5 Å². The minimum atomic E-state index is -0.0327. The van der Waals surface area contributed by atoms with Crippen LogP contribution >= 0.6 is 11.8 Å². The first kappa shape index (κ1) is 26.2. The second-order valence-corrected chi connectivity index (χ2v) is 9.42. The Labute approximate surface area is 221 Å². The van der Waals surface area contributed by atoms with Crippen molar-refractivity contribution in [1.82, 2.24) is 15.2 Å². The molecule has 0 aliphatic rings. The summed E-state index contributed by atoms with van der Waals surface area (Å²) >= 11 is 1.41. The monoisotopic (exact) mass is 514 g/mol. The number of methoxy groups -OCH3 is 2. The van der Waals surface area contributed by atoms with E-state index in [1.165, 1.54) is 11.8 Å². The molecule has 0 fully saturated rings. The number of thioether (sulfide) groups is 1. The van der Waals surface area contributed by atoms with Crippen LogP contribution in [0.5, 0.6) is 11.5 Å². The zero-order valence-electron chi connectivity index (χ0n) is 21.4. The van der Waals surface area contributed by atoms with Crippen molar-refractivity contribution in [3.8, 4) is 34.0 Å². The Morgan fingerprint density at radius 1 is 0.865 bits per heavy atom. The van der Waals surface area contributed by atoms with Crippen molar-refractivity contribution in [2.45, 2.75) is 31.8 Å². The molecule has 3 aromatic carbocycles. The molecule has 1 N–H and O–H groups in total. The highest BCUT2D eigenvalue weighted by atomic mass is 32.2. The van der Waals surface area contributed by atoms with E-state index in [2.05, 4.69) is 22.4 Å². The summed E-state index contributed by atoms with van der Waals surface area (Å²) in [5.74, 6) is 2.02. The third-order valence-corrected chi connectivity index (χ3v) is 6.80. The van der Waals surface area contributed by atoms with Crippen LogP contribution in [-0.2, 0) is 11.2 Å². The number of carbonyl (C=O) groups excluding carboxylic acids is 1. The van der Waals surface area contributed by atoms with E-state index in [0.29, 0.717) is 28.7 Å². The molecular formula is C29H30N4O3S. The van der Waals surface area contributed by atoms with E-state index in [0.717, 1.165) is 45.9 Å². The van der Waals surface area contributed by atoms with Gasteiger partial charge in [-0.25, -0.2) is 4.98 Å². The van der Waals surface area contributed by atoms with Gasteiger partial charge in [-0.1, -0.05) is 36.9 Å².